The van der Waals surface area contributed by atoms with Gasteiger partial charge in [0.25, 0.3) is 0 Å². The average Bonchev–Trinajstić information content (AvgIpc) is 2.60. The van der Waals surface area contributed by atoms with Crippen LogP contribution in [0, 0.1) is 0 Å². The fourth-order valence-electron chi connectivity index (χ4n) is 2.94. The van der Waals surface area contributed by atoms with Crippen LogP contribution in [0.25, 0.3) is 0 Å². The highest BCUT2D eigenvalue weighted by Gasteiger charge is 2.29. The van der Waals surface area contributed by atoms with Crippen LogP contribution >= 0.6 is 16.5 Å². The van der Waals surface area contributed by atoms with Gasteiger partial charge in [0.2, 0.25) is 0 Å². The second-order valence-electron chi connectivity index (χ2n) is 6.49. The zero-order valence-corrected chi connectivity index (χ0v) is 16.8. The fraction of sp³-hybridized carbons (Fsp3) is 0.400. The van der Waals surface area contributed by atoms with Gasteiger partial charge in [-0.3, -0.25) is 0 Å². The van der Waals surface area contributed by atoms with E-state index in [4.69, 9.17) is 13.6 Å². The normalized spacial score (nSPS) is 25.0. The minimum atomic E-state index is -1.25. The fourth-order valence-corrected chi connectivity index (χ4v) is 6.70. The van der Waals surface area contributed by atoms with Crippen LogP contribution in [-0.4, -0.2) is 24.5 Å². The molecule has 1 aliphatic heterocycles. The molecular weight excluding hydrogens is 350 g/mol. The molecule has 0 unspecified atom stereocenters. The Kier molecular flexibility index (Phi) is 6.99. The Balaban J connectivity index is 1.70. The Hall–Kier alpha value is -0.820. The molecule has 25 heavy (non-hydrogen) atoms. The Morgan fingerprint density at radius 3 is 1.92 bits per heavy atom. The van der Waals surface area contributed by atoms with E-state index in [1.165, 1.54) is 10.6 Å². The van der Waals surface area contributed by atoms with Crippen LogP contribution in [0.15, 0.2) is 60.7 Å². The van der Waals surface area contributed by atoms with Crippen molar-refractivity contribution in [2.75, 3.05) is 6.16 Å². The van der Waals surface area contributed by atoms with E-state index < -0.39 is 16.5 Å². The van der Waals surface area contributed by atoms with Crippen molar-refractivity contribution in [3.05, 3.63) is 60.7 Å². The predicted molar refractivity (Wildman–Crippen MR) is 107 cm³/mol. The van der Waals surface area contributed by atoms with Crippen molar-refractivity contribution >= 4 is 27.1 Å². The van der Waals surface area contributed by atoms with E-state index in [1.54, 1.807) is 0 Å². The lowest BCUT2D eigenvalue weighted by Gasteiger charge is -2.32. The highest BCUT2D eigenvalue weighted by molar-refractivity contribution is 7.73. The van der Waals surface area contributed by atoms with Crippen molar-refractivity contribution in [3.63, 3.8) is 0 Å². The molecule has 2 aromatic rings. The standard InChI is InChI=1S/C20H26O3P2/c1-16-14-17(2)22-25(21-16)23-18(3)15-24(19-10-6-4-7-11-19)20-12-8-5-9-13-20/h4-13,16-18H,14-15H2,1-3H3/t16-,17-,18+/m1/s1. The first-order valence-corrected chi connectivity index (χ1v) is 11.4. The van der Waals surface area contributed by atoms with Gasteiger partial charge in [0.15, 0.2) is 0 Å². The maximum Gasteiger partial charge on any atom is 0.333 e. The molecule has 0 radical (unpaired) electrons. The van der Waals surface area contributed by atoms with Gasteiger partial charge in [-0.15, -0.1) is 0 Å². The number of benzene rings is 2. The molecule has 1 heterocycles. The SMILES string of the molecule is C[C@@H]1C[C@@H](C)OP(O[C@@H](C)CP(c2ccccc2)c2ccccc2)O1. The van der Waals surface area contributed by atoms with Crippen LogP contribution in [0.4, 0.5) is 0 Å². The third kappa shape index (κ3) is 5.58. The predicted octanol–water partition coefficient (Wildman–Crippen LogP) is 4.97. The molecule has 1 saturated heterocycles. The van der Waals surface area contributed by atoms with E-state index in [-0.39, 0.29) is 18.3 Å². The van der Waals surface area contributed by atoms with Crippen molar-refractivity contribution in [3.8, 4) is 0 Å². The molecule has 2 aromatic carbocycles. The zero-order chi connectivity index (χ0) is 17.6. The molecule has 0 aliphatic carbocycles. The topological polar surface area (TPSA) is 27.7 Å². The Labute approximate surface area is 153 Å². The molecule has 1 aliphatic rings. The Morgan fingerprint density at radius 1 is 0.960 bits per heavy atom. The van der Waals surface area contributed by atoms with Gasteiger partial charge in [-0.25, -0.2) is 0 Å². The number of hydrogen-bond donors (Lipinski definition) is 0. The third-order valence-corrected chi connectivity index (χ3v) is 8.36. The lowest BCUT2D eigenvalue weighted by Crippen LogP contribution is -2.26. The van der Waals surface area contributed by atoms with Gasteiger partial charge in [0.05, 0.1) is 18.3 Å². The number of rotatable bonds is 6. The molecule has 0 aromatic heterocycles. The number of hydrogen-bond acceptors (Lipinski definition) is 3. The van der Waals surface area contributed by atoms with Gasteiger partial charge < -0.3 is 13.6 Å². The molecule has 0 N–H and O–H groups in total. The van der Waals surface area contributed by atoms with Crippen LogP contribution in [-0.2, 0) is 13.6 Å². The summed E-state index contributed by atoms with van der Waals surface area (Å²) in [6, 6.07) is 21.4. The molecule has 0 saturated carbocycles. The van der Waals surface area contributed by atoms with Crippen molar-refractivity contribution in [1.29, 1.82) is 0 Å². The molecule has 0 amide bonds. The van der Waals surface area contributed by atoms with Crippen molar-refractivity contribution < 1.29 is 13.6 Å². The second kappa shape index (κ2) is 9.21. The summed E-state index contributed by atoms with van der Waals surface area (Å²) in [5, 5.41) is 2.75. The van der Waals surface area contributed by atoms with Crippen LogP contribution in [0.1, 0.15) is 27.2 Å². The van der Waals surface area contributed by atoms with Gasteiger partial charge in [0, 0.05) is 12.6 Å². The van der Waals surface area contributed by atoms with Gasteiger partial charge in [-0.2, -0.15) is 0 Å². The monoisotopic (exact) mass is 376 g/mol. The van der Waals surface area contributed by atoms with E-state index >= 15 is 0 Å². The molecule has 0 bridgehead atoms. The van der Waals surface area contributed by atoms with Gasteiger partial charge in [-0.1, -0.05) is 60.7 Å². The summed E-state index contributed by atoms with van der Waals surface area (Å²) in [6.45, 7) is 6.30. The second-order valence-corrected chi connectivity index (χ2v) is 9.82. The van der Waals surface area contributed by atoms with Crippen molar-refractivity contribution in [1.82, 2.24) is 0 Å². The maximum atomic E-state index is 6.14. The van der Waals surface area contributed by atoms with Crippen LogP contribution in [0.2, 0.25) is 0 Å². The smallest absolute Gasteiger partial charge is 0.309 e. The zero-order valence-electron chi connectivity index (χ0n) is 15.0. The Morgan fingerprint density at radius 2 is 1.44 bits per heavy atom. The van der Waals surface area contributed by atoms with Crippen LogP contribution in [0.5, 0.6) is 0 Å². The summed E-state index contributed by atoms with van der Waals surface area (Å²) < 4.78 is 17.8. The quantitative estimate of drug-likeness (QED) is 0.667. The summed E-state index contributed by atoms with van der Waals surface area (Å²) in [4.78, 5) is 0. The lowest BCUT2D eigenvalue weighted by molar-refractivity contribution is 0.0239. The third-order valence-electron chi connectivity index (χ3n) is 4.04. The molecule has 5 heteroatoms. The van der Waals surface area contributed by atoms with Crippen LogP contribution in [0.3, 0.4) is 0 Å². The largest absolute Gasteiger partial charge is 0.333 e. The summed E-state index contributed by atoms with van der Waals surface area (Å²) in [5.41, 5.74) is 0. The highest BCUT2D eigenvalue weighted by atomic mass is 31.2. The highest BCUT2D eigenvalue weighted by Crippen LogP contribution is 2.49. The van der Waals surface area contributed by atoms with E-state index in [9.17, 15) is 0 Å². The summed E-state index contributed by atoms with van der Waals surface area (Å²) in [7, 11) is -1.71. The van der Waals surface area contributed by atoms with Crippen molar-refractivity contribution in [2.24, 2.45) is 0 Å². The lowest BCUT2D eigenvalue weighted by atomic mass is 10.2. The molecule has 1 fully saturated rings. The molecule has 0 spiro atoms. The summed E-state index contributed by atoms with van der Waals surface area (Å²) in [5.74, 6) is 0. The maximum absolute atomic E-state index is 6.14. The van der Waals surface area contributed by atoms with Gasteiger partial charge >= 0.3 is 8.60 Å². The first kappa shape index (κ1) is 19.0. The minimum Gasteiger partial charge on any atom is -0.309 e. The molecule has 3 atom stereocenters. The van der Waals surface area contributed by atoms with E-state index in [2.05, 4.69) is 81.4 Å². The van der Waals surface area contributed by atoms with Crippen molar-refractivity contribution in [2.45, 2.75) is 45.5 Å². The van der Waals surface area contributed by atoms with Gasteiger partial charge in [-0.05, 0) is 39.3 Å². The van der Waals surface area contributed by atoms with Crippen LogP contribution < -0.4 is 10.6 Å². The first-order valence-electron chi connectivity index (χ1n) is 8.80. The molecule has 3 nitrogen and oxygen atoms in total. The first-order chi connectivity index (χ1) is 12.1. The van der Waals surface area contributed by atoms with E-state index in [0.717, 1.165) is 12.6 Å². The summed E-state index contributed by atoms with van der Waals surface area (Å²) in [6.07, 6.45) is 2.36. The minimum absolute atomic E-state index is 0.0788. The average molecular weight is 376 g/mol. The molecular formula is C20H26O3P2. The Bertz CT molecular complexity index is 588. The molecule has 134 valence electrons. The van der Waals surface area contributed by atoms with E-state index in [1.807, 2.05) is 0 Å². The molecule has 3 rings (SSSR count). The van der Waals surface area contributed by atoms with Gasteiger partial charge in [0.1, 0.15) is 0 Å². The van der Waals surface area contributed by atoms with E-state index in [0.29, 0.717) is 0 Å². The summed E-state index contributed by atoms with van der Waals surface area (Å²) >= 11 is 0.